The number of hydrogen-bond donors (Lipinski definition) is 3. The van der Waals surface area contributed by atoms with E-state index in [0.29, 0.717) is 29.5 Å². The summed E-state index contributed by atoms with van der Waals surface area (Å²) in [7, 11) is 0. The molecule has 3 aromatic carbocycles. The average molecular weight is 430 g/mol. The fourth-order valence-electron chi connectivity index (χ4n) is 4.59. The summed E-state index contributed by atoms with van der Waals surface area (Å²) in [4.78, 5) is 12.6. The number of hydrogen-bond acceptors (Lipinski definition) is 5. The fourth-order valence-corrected chi connectivity index (χ4v) is 4.59. The molecule has 164 valence electrons. The Bertz CT molecular complexity index is 1210. The van der Waals surface area contributed by atoms with Gasteiger partial charge in [-0.25, -0.2) is 0 Å². The van der Waals surface area contributed by atoms with Crippen molar-refractivity contribution in [2.75, 3.05) is 11.1 Å². The second-order valence-electron chi connectivity index (χ2n) is 8.60. The van der Waals surface area contributed by atoms with Gasteiger partial charge >= 0.3 is 0 Å². The predicted molar refractivity (Wildman–Crippen MR) is 125 cm³/mol. The maximum absolute atomic E-state index is 12.6. The van der Waals surface area contributed by atoms with Gasteiger partial charge in [0.25, 0.3) is 0 Å². The monoisotopic (exact) mass is 429 g/mol. The van der Waals surface area contributed by atoms with Crippen molar-refractivity contribution in [3.63, 3.8) is 0 Å². The average Bonchev–Trinajstić information content (AvgIpc) is 3.18. The van der Waals surface area contributed by atoms with Crippen LogP contribution in [0.3, 0.4) is 0 Å². The van der Waals surface area contributed by atoms with E-state index in [1.807, 2.05) is 62.4 Å². The molecule has 6 heteroatoms. The van der Waals surface area contributed by atoms with Crippen LogP contribution in [0.1, 0.15) is 42.5 Å². The van der Waals surface area contributed by atoms with E-state index >= 15 is 0 Å². The lowest BCUT2D eigenvalue weighted by molar-refractivity contribution is -0.118. The number of fused-ring (bicyclic) bond motifs is 6. The lowest BCUT2D eigenvalue weighted by atomic mass is 9.77. The molecule has 5 rings (SSSR count). The first kappa shape index (κ1) is 20.5. The number of nitrogens with one attached hydrogen (secondary N) is 1. The van der Waals surface area contributed by atoms with Crippen molar-refractivity contribution in [1.29, 1.82) is 0 Å². The van der Waals surface area contributed by atoms with Gasteiger partial charge in [-0.2, -0.15) is 0 Å². The highest BCUT2D eigenvalue weighted by atomic mass is 16.5. The van der Waals surface area contributed by atoms with E-state index in [9.17, 15) is 4.79 Å². The summed E-state index contributed by atoms with van der Waals surface area (Å²) in [6, 6.07) is 19.0. The Hall–Kier alpha value is -3.35. The Balaban J connectivity index is 1.60. The molecule has 2 unspecified atom stereocenters. The van der Waals surface area contributed by atoms with Gasteiger partial charge in [0.2, 0.25) is 5.91 Å². The summed E-state index contributed by atoms with van der Waals surface area (Å²) in [5.74, 6) is 1.14. The normalized spacial score (nSPS) is 20.0. The summed E-state index contributed by atoms with van der Waals surface area (Å²) >= 11 is 0. The van der Waals surface area contributed by atoms with Gasteiger partial charge in [0, 0.05) is 34.6 Å². The molecule has 3 atom stereocenters. The molecule has 1 spiro atoms. The highest BCUT2D eigenvalue weighted by Gasteiger charge is 2.49. The molecule has 0 fully saturated rings. The van der Waals surface area contributed by atoms with Crippen LogP contribution in [0.15, 0.2) is 60.7 Å². The third-order valence-corrected chi connectivity index (χ3v) is 6.63. The molecule has 32 heavy (non-hydrogen) atoms. The van der Waals surface area contributed by atoms with Gasteiger partial charge in [-0.15, -0.1) is 0 Å². The summed E-state index contributed by atoms with van der Waals surface area (Å²) in [6.07, 6.45) is 0.833. The highest BCUT2D eigenvalue weighted by Crippen LogP contribution is 2.56. The topological polar surface area (TPSA) is 99.6 Å². The van der Waals surface area contributed by atoms with Crippen molar-refractivity contribution >= 4 is 17.3 Å². The quantitative estimate of drug-likeness (QED) is 0.530. The molecule has 0 radical (unpaired) electrons. The molecule has 6 nitrogen and oxygen atoms in total. The number of rotatable bonds is 4. The molecule has 0 aliphatic carbocycles. The van der Waals surface area contributed by atoms with Crippen molar-refractivity contribution in [1.82, 2.24) is 0 Å². The van der Waals surface area contributed by atoms with Gasteiger partial charge in [-0.05, 0) is 41.3 Å². The zero-order valence-electron chi connectivity index (χ0n) is 18.2. The van der Waals surface area contributed by atoms with E-state index < -0.39 is 11.6 Å². The number of anilines is 2. The lowest BCUT2D eigenvalue weighted by Crippen LogP contribution is -2.40. The molecule has 0 saturated heterocycles. The van der Waals surface area contributed by atoms with Gasteiger partial charge in [-0.3, -0.25) is 4.79 Å². The molecular formula is C26H27N3O3. The first-order valence-electron chi connectivity index (χ1n) is 10.9. The number of ether oxygens (including phenoxy) is 2. The third-order valence-electron chi connectivity index (χ3n) is 6.63. The number of nitrogens with two attached hydrogens (primary N) is 2. The second-order valence-corrected chi connectivity index (χ2v) is 8.60. The fraction of sp³-hybridized carbons (Fsp3) is 0.269. The van der Waals surface area contributed by atoms with Crippen molar-refractivity contribution in [3.05, 3.63) is 82.9 Å². The van der Waals surface area contributed by atoms with Crippen LogP contribution in [-0.2, 0) is 21.7 Å². The maximum atomic E-state index is 12.6. The SMILES string of the molecule is CCC(C)[C@H](N)C(=O)Nc1ccc2c(c1)Oc1cc(N)ccc1C21OCc2ccccc21. The molecule has 1 amide bonds. The standard InChI is InChI=1S/C26H27N3O3/c1-3-15(2)24(28)25(30)29-18-9-11-21-23(13-18)32-22-12-17(27)8-10-20(22)26(21)19-7-5-4-6-16(19)14-31-26/h4-13,15,24H,3,14,27-28H2,1-2H3,(H,29,30)/t15?,24-,26?/m0/s1. The Morgan fingerprint density at radius 1 is 1.06 bits per heavy atom. The van der Waals surface area contributed by atoms with E-state index in [0.717, 1.165) is 28.7 Å². The van der Waals surface area contributed by atoms with Crippen LogP contribution < -0.4 is 21.5 Å². The minimum Gasteiger partial charge on any atom is -0.456 e. The van der Waals surface area contributed by atoms with Crippen LogP contribution in [0, 0.1) is 5.92 Å². The zero-order chi connectivity index (χ0) is 22.5. The Morgan fingerprint density at radius 3 is 2.56 bits per heavy atom. The third kappa shape index (κ3) is 3.06. The first-order chi connectivity index (χ1) is 15.4. The number of amides is 1. The maximum Gasteiger partial charge on any atom is 0.241 e. The summed E-state index contributed by atoms with van der Waals surface area (Å²) < 4.78 is 12.8. The van der Waals surface area contributed by atoms with E-state index in [2.05, 4.69) is 17.4 Å². The molecule has 2 aliphatic rings. The zero-order valence-corrected chi connectivity index (χ0v) is 18.2. The van der Waals surface area contributed by atoms with E-state index in [-0.39, 0.29) is 11.8 Å². The molecule has 5 N–H and O–H groups in total. The van der Waals surface area contributed by atoms with Crippen LogP contribution >= 0.6 is 0 Å². The lowest BCUT2D eigenvalue weighted by Gasteiger charge is -2.37. The molecule has 2 heterocycles. The van der Waals surface area contributed by atoms with Crippen molar-refractivity contribution in [2.24, 2.45) is 11.7 Å². The van der Waals surface area contributed by atoms with Gasteiger partial charge in [0.05, 0.1) is 12.6 Å². The molecule has 2 aliphatic heterocycles. The molecule has 0 aromatic heterocycles. The van der Waals surface area contributed by atoms with Gasteiger partial charge in [0.15, 0.2) is 5.60 Å². The highest BCUT2D eigenvalue weighted by molar-refractivity contribution is 5.95. The molecular weight excluding hydrogens is 402 g/mol. The predicted octanol–water partition coefficient (Wildman–Crippen LogP) is 4.51. The summed E-state index contributed by atoms with van der Waals surface area (Å²) in [5, 5.41) is 2.93. The first-order valence-corrected chi connectivity index (χ1v) is 10.9. The van der Waals surface area contributed by atoms with Crippen LogP contribution in [0.25, 0.3) is 0 Å². The summed E-state index contributed by atoms with van der Waals surface area (Å²) in [5.41, 5.74) is 16.7. The largest absolute Gasteiger partial charge is 0.456 e. The molecule has 3 aromatic rings. The van der Waals surface area contributed by atoms with Crippen LogP contribution in [-0.4, -0.2) is 11.9 Å². The number of carbonyl (C=O) groups is 1. The van der Waals surface area contributed by atoms with Gasteiger partial charge in [-0.1, -0.05) is 44.5 Å². The van der Waals surface area contributed by atoms with Crippen LogP contribution in [0.2, 0.25) is 0 Å². The minimum atomic E-state index is -0.789. The van der Waals surface area contributed by atoms with Crippen LogP contribution in [0.4, 0.5) is 11.4 Å². The number of nitrogen functional groups attached to an aromatic ring is 1. The second kappa shape index (κ2) is 7.65. The van der Waals surface area contributed by atoms with Crippen molar-refractivity contribution < 1.29 is 14.3 Å². The van der Waals surface area contributed by atoms with Gasteiger partial charge < -0.3 is 26.3 Å². The molecule has 0 bridgehead atoms. The van der Waals surface area contributed by atoms with Gasteiger partial charge in [0.1, 0.15) is 11.5 Å². The van der Waals surface area contributed by atoms with Crippen molar-refractivity contribution in [2.45, 2.75) is 38.5 Å². The minimum absolute atomic E-state index is 0.0883. The van der Waals surface area contributed by atoms with E-state index in [1.165, 1.54) is 0 Å². The van der Waals surface area contributed by atoms with E-state index in [4.69, 9.17) is 20.9 Å². The summed E-state index contributed by atoms with van der Waals surface area (Å²) in [6.45, 7) is 4.49. The number of benzene rings is 3. The van der Waals surface area contributed by atoms with Crippen molar-refractivity contribution in [3.8, 4) is 11.5 Å². The molecule has 0 saturated carbocycles. The smallest absolute Gasteiger partial charge is 0.241 e. The number of carbonyl (C=O) groups excluding carboxylic acids is 1. The Kier molecular flexibility index (Phi) is 4.92. The Labute approximate surface area is 187 Å². The van der Waals surface area contributed by atoms with E-state index in [1.54, 1.807) is 0 Å². The van der Waals surface area contributed by atoms with Crippen LogP contribution in [0.5, 0.6) is 11.5 Å². The Morgan fingerprint density at radius 2 is 1.78 bits per heavy atom.